The van der Waals surface area contributed by atoms with Crippen LogP contribution in [-0.2, 0) is 9.53 Å². The first-order valence-corrected chi connectivity index (χ1v) is 9.16. The zero-order valence-electron chi connectivity index (χ0n) is 14.1. The van der Waals surface area contributed by atoms with E-state index in [1.54, 1.807) is 6.08 Å². The minimum absolute atomic E-state index is 0.299. The lowest BCUT2D eigenvalue weighted by molar-refractivity contribution is -0.129. The van der Waals surface area contributed by atoms with Crippen LogP contribution in [0.15, 0.2) is 53.2 Å². The van der Waals surface area contributed by atoms with E-state index in [2.05, 4.69) is 34.5 Å². The Bertz CT molecular complexity index is 854. The van der Waals surface area contributed by atoms with Crippen molar-refractivity contribution < 1.29 is 14.3 Å². The molecule has 0 atom stereocenters. The molecule has 5 heteroatoms. The van der Waals surface area contributed by atoms with Crippen molar-refractivity contribution >= 4 is 40.5 Å². The molecule has 3 rings (SSSR count). The van der Waals surface area contributed by atoms with Gasteiger partial charge in [0, 0.05) is 9.13 Å². The smallest absolute Gasteiger partial charge is 0.363 e. The van der Waals surface area contributed by atoms with Gasteiger partial charge >= 0.3 is 5.97 Å². The minimum atomic E-state index is -0.433. The lowest BCUT2D eigenvalue weighted by atomic mass is 10.1. The summed E-state index contributed by atoms with van der Waals surface area (Å²) in [5.74, 6) is 0.729. The van der Waals surface area contributed by atoms with Gasteiger partial charge in [0.05, 0.1) is 6.61 Å². The highest BCUT2D eigenvalue weighted by atomic mass is 127. The maximum absolute atomic E-state index is 12.1. The first kappa shape index (κ1) is 17.7. The molecule has 0 aromatic heterocycles. The van der Waals surface area contributed by atoms with E-state index in [9.17, 15) is 4.79 Å². The molecule has 1 aliphatic rings. The topological polar surface area (TPSA) is 47.9 Å². The van der Waals surface area contributed by atoms with Gasteiger partial charge in [0.25, 0.3) is 0 Å². The summed E-state index contributed by atoms with van der Waals surface area (Å²) in [4.78, 5) is 16.4. The molecule has 2 aromatic rings. The Morgan fingerprint density at radius 1 is 1.20 bits per heavy atom. The number of rotatable bonds is 5. The Balaban J connectivity index is 1.81. The maximum atomic E-state index is 12.1. The number of nitrogens with zero attached hydrogens (tertiary/aromatic N) is 1. The van der Waals surface area contributed by atoms with Crippen LogP contribution in [0.2, 0.25) is 0 Å². The average Bonchev–Trinajstić information content (AvgIpc) is 2.97. The van der Waals surface area contributed by atoms with Gasteiger partial charge < -0.3 is 9.47 Å². The molecule has 2 aromatic carbocycles. The first-order valence-electron chi connectivity index (χ1n) is 8.09. The van der Waals surface area contributed by atoms with E-state index in [1.165, 1.54) is 0 Å². The normalized spacial score (nSPS) is 15.2. The fourth-order valence-electron chi connectivity index (χ4n) is 2.35. The van der Waals surface area contributed by atoms with Gasteiger partial charge in [-0.3, -0.25) is 0 Å². The van der Waals surface area contributed by atoms with Gasteiger partial charge in [-0.1, -0.05) is 19.1 Å². The van der Waals surface area contributed by atoms with Crippen molar-refractivity contribution in [3.8, 4) is 5.75 Å². The zero-order chi connectivity index (χ0) is 17.8. The molecule has 0 bridgehead atoms. The number of aryl methyl sites for hydroxylation is 1. The Hall–Kier alpha value is -2.15. The molecule has 128 valence electrons. The van der Waals surface area contributed by atoms with Crippen LogP contribution in [0.1, 0.15) is 30.0 Å². The summed E-state index contributed by atoms with van der Waals surface area (Å²) in [5.41, 5.74) is 3.10. The van der Waals surface area contributed by atoms with E-state index in [0.29, 0.717) is 18.2 Å². The molecule has 4 nitrogen and oxygen atoms in total. The van der Waals surface area contributed by atoms with Crippen LogP contribution < -0.4 is 4.74 Å². The number of halogens is 1. The molecule has 0 amide bonds. The zero-order valence-corrected chi connectivity index (χ0v) is 16.2. The number of benzene rings is 2. The van der Waals surface area contributed by atoms with Gasteiger partial charge in [-0.05, 0) is 83.5 Å². The molecule has 1 aliphatic heterocycles. The third-order valence-electron chi connectivity index (χ3n) is 3.68. The molecule has 0 N–H and O–H groups in total. The predicted octanol–water partition coefficient (Wildman–Crippen LogP) is 4.73. The van der Waals surface area contributed by atoms with Crippen molar-refractivity contribution in [3.63, 3.8) is 0 Å². The molecular weight excluding hydrogens is 429 g/mol. The number of carbonyl (C=O) groups excluding carboxylic acids is 1. The van der Waals surface area contributed by atoms with Gasteiger partial charge in [0.1, 0.15) is 5.75 Å². The van der Waals surface area contributed by atoms with Gasteiger partial charge in [0.15, 0.2) is 5.70 Å². The van der Waals surface area contributed by atoms with E-state index in [1.807, 2.05) is 49.4 Å². The molecule has 0 radical (unpaired) electrons. The van der Waals surface area contributed by atoms with E-state index in [0.717, 1.165) is 32.4 Å². The van der Waals surface area contributed by atoms with Crippen LogP contribution in [0.3, 0.4) is 0 Å². The Morgan fingerprint density at radius 2 is 1.96 bits per heavy atom. The van der Waals surface area contributed by atoms with Gasteiger partial charge in [0.2, 0.25) is 5.90 Å². The van der Waals surface area contributed by atoms with Gasteiger partial charge in [-0.25, -0.2) is 9.79 Å². The largest absolute Gasteiger partial charge is 0.494 e. The Morgan fingerprint density at radius 3 is 2.64 bits per heavy atom. The summed E-state index contributed by atoms with van der Waals surface area (Å²) in [5, 5.41) is 0. The number of aliphatic imine (C=N–C) groups is 1. The van der Waals surface area contributed by atoms with Crippen molar-refractivity contribution in [2.24, 2.45) is 4.99 Å². The predicted molar refractivity (Wildman–Crippen MR) is 107 cm³/mol. The summed E-state index contributed by atoms with van der Waals surface area (Å²) in [7, 11) is 0. The molecule has 0 spiro atoms. The van der Waals surface area contributed by atoms with Gasteiger partial charge in [-0.15, -0.1) is 0 Å². The molecule has 0 aliphatic carbocycles. The maximum Gasteiger partial charge on any atom is 0.363 e. The highest BCUT2D eigenvalue weighted by Crippen LogP contribution is 2.22. The summed E-state index contributed by atoms with van der Waals surface area (Å²) in [6.45, 7) is 4.77. The lowest BCUT2D eigenvalue weighted by Gasteiger charge is -2.04. The van der Waals surface area contributed by atoms with Crippen molar-refractivity contribution in [1.82, 2.24) is 0 Å². The Labute approximate surface area is 160 Å². The average molecular weight is 447 g/mol. The SMILES string of the molecule is CCCOc1ccc(/C=C2\N=C(c3ccc(I)c(C)c3)OC2=O)cc1. The van der Waals surface area contributed by atoms with Gasteiger partial charge in [-0.2, -0.15) is 0 Å². The number of hydrogen-bond donors (Lipinski definition) is 0. The highest BCUT2D eigenvalue weighted by molar-refractivity contribution is 14.1. The molecule has 0 unspecified atom stereocenters. The summed E-state index contributed by atoms with van der Waals surface area (Å²) >= 11 is 2.27. The second-order valence-electron chi connectivity index (χ2n) is 5.72. The van der Waals surface area contributed by atoms with Crippen LogP contribution in [0, 0.1) is 10.5 Å². The molecule has 25 heavy (non-hydrogen) atoms. The van der Waals surface area contributed by atoms with Crippen LogP contribution in [0.25, 0.3) is 6.08 Å². The van der Waals surface area contributed by atoms with Crippen molar-refractivity contribution in [2.75, 3.05) is 6.61 Å². The van der Waals surface area contributed by atoms with Crippen LogP contribution in [-0.4, -0.2) is 18.5 Å². The molecular formula is C20H18INO3. The van der Waals surface area contributed by atoms with Crippen LogP contribution in [0.5, 0.6) is 5.75 Å². The number of esters is 1. The lowest BCUT2D eigenvalue weighted by Crippen LogP contribution is -2.05. The minimum Gasteiger partial charge on any atom is -0.494 e. The van der Waals surface area contributed by atoms with Crippen molar-refractivity contribution in [2.45, 2.75) is 20.3 Å². The summed E-state index contributed by atoms with van der Waals surface area (Å²) < 4.78 is 12.0. The molecule has 1 heterocycles. The first-order chi connectivity index (χ1) is 12.1. The summed E-state index contributed by atoms with van der Waals surface area (Å²) in [6.07, 6.45) is 2.69. The number of carbonyl (C=O) groups is 1. The second kappa shape index (κ2) is 7.82. The van der Waals surface area contributed by atoms with E-state index >= 15 is 0 Å². The molecule has 0 saturated heterocycles. The quantitative estimate of drug-likeness (QED) is 0.378. The van der Waals surface area contributed by atoms with Crippen molar-refractivity contribution in [1.29, 1.82) is 0 Å². The second-order valence-corrected chi connectivity index (χ2v) is 6.88. The summed E-state index contributed by atoms with van der Waals surface area (Å²) in [6, 6.07) is 13.4. The van der Waals surface area contributed by atoms with E-state index < -0.39 is 5.97 Å². The fourth-order valence-corrected chi connectivity index (χ4v) is 2.68. The number of cyclic esters (lactones) is 1. The third kappa shape index (κ3) is 4.28. The Kier molecular flexibility index (Phi) is 5.53. The third-order valence-corrected chi connectivity index (χ3v) is 4.89. The number of hydrogen-bond acceptors (Lipinski definition) is 4. The van der Waals surface area contributed by atoms with Crippen molar-refractivity contribution in [3.05, 3.63) is 68.4 Å². The van der Waals surface area contributed by atoms with Crippen LogP contribution in [0.4, 0.5) is 0 Å². The monoisotopic (exact) mass is 447 g/mol. The standard InChI is InChI=1S/C20H18INO3/c1-3-10-24-16-7-4-14(5-8-16)12-18-20(23)25-19(22-18)15-6-9-17(21)13(2)11-15/h4-9,11-12H,3,10H2,1-2H3/b18-12-. The van der Waals surface area contributed by atoms with E-state index in [-0.39, 0.29) is 0 Å². The van der Waals surface area contributed by atoms with Crippen LogP contribution >= 0.6 is 22.6 Å². The van der Waals surface area contributed by atoms with E-state index in [4.69, 9.17) is 9.47 Å². The number of ether oxygens (including phenoxy) is 2. The fraction of sp³-hybridized carbons (Fsp3) is 0.200. The molecule has 0 saturated carbocycles. The highest BCUT2D eigenvalue weighted by Gasteiger charge is 2.24. The molecule has 0 fully saturated rings.